The van der Waals surface area contributed by atoms with Crippen LogP contribution in [-0.2, 0) is 16.6 Å². The van der Waals surface area contributed by atoms with Gasteiger partial charge in [0.15, 0.2) is 0 Å². The third-order valence-corrected chi connectivity index (χ3v) is 4.14. The number of rotatable bonds is 6. The van der Waals surface area contributed by atoms with Crippen molar-refractivity contribution >= 4 is 10.0 Å². The lowest BCUT2D eigenvalue weighted by atomic mass is 10.4. The highest BCUT2D eigenvalue weighted by atomic mass is 32.2. The maximum Gasteiger partial charge on any atom is 0.245 e. The molecule has 0 saturated heterocycles. The van der Waals surface area contributed by atoms with Crippen molar-refractivity contribution in [2.45, 2.75) is 24.8 Å². The van der Waals surface area contributed by atoms with Crippen LogP contribution < -0.4 is 5.73 Å². The second-order valence-corrected chi connectivity index (χ2v) is 5.55. The van der Waals surface area contributed by atoms with Crippen LogP contribution in [0.15, 0.2) is 17.2 Å². The van der Waals surface area contributed by atoms with E-state index in [2.05, 4.69) is 10.9 Å². The lowest BCUT2D eigenvalue weighted by Crippen LogP contribution is -2.32. The first-order valence-electron chi connectivity index (χ1n) is 5.37. The summed E-state index contributed by atoms with van der Waals surface area (Å²) in [6.07, 6.45) is 7.34. The van der Waals surface area contributed by atoms with Crippen molar-refractivity contribution in [1.82, 2.24) is 9.29 Å². The Morgan fingerprint density at radius 2 is 2.29 bits per heavy atom. The lowest BCUT2D eigenvalue weighted by molar-refractivity contribution is 0.446. The third kappa shape index (κ3) is 3.09. The summed E-state index contributed by atoms with van der Waals surface area (Å²) in [5, 5.41) is 0. The third-order valence-electron chi connectivity index (χ3n) is 2.31. The molecule has 1 aromatic heterocycles. The van der Waals surface area contributed by atoms with E-state index in [0.717, 1.165) is 6.42 Å². The first kappa shape index (κ1) is 13.8. The largest absolute Gasteiger partial charge is 0.363 e. The summed E-state index contributed by atoms with van der Waals surface area (Å²) in [4.78, 5) is 3.03. The normalized spacial score (nSPS) is 11.6. The van der Waals surface area contributed by atoms with Gasteiger partial charge in [-0.05, 0) is 12.5 Å². The fourth-order valence-corrected chi connectivity index (χ4v) is 2.93. The Morgan fingerprint density at radius 1 is 1.59 bits per heavy atom. The van der Waals surface area contributed by atoms with E-state index in [4.69, 9.17) is 12.2 Å². The Labute approximate surface area is 102 Å². The van der Waals surface area contributed by atoms with E-state index in [-0.39, 0.29) is 18.0 Å². The van der Waals surface area contributed by atoms with Gasteiger partial charge in [0, 0.05) is 25.0 Å². The molecule has 0 atom stereocenters. The molecule has 1 rings (SSSR count). The van der Waals surface area contributed by atoms with Crippen LogP contribution in [0.3, 0.4) is 0 Å². The molecule has 1 heterocycles. The van der Waals surface area contributed by atoms with E-state index in [1.54, 1.807) is 0 Å². The number of terminal acetylenes is 1. The van der Waals surface area contributed by atoms with Gasteiger partial charge < -0.3 is 10.7 Å². The van der Waals surface area contributed by atoms with Gasteiger partial charge in [-0.2, -0.15) is 4.31 Å². The molecule has 94 valence electrons. The molecular formula is C11H17N3O2S. The zero-order valence-corrected chi connectivity index (χ0v) is 10.6. The number of hydrogen-bond acceptors (Lipinski definition) is 3. The maximum absolute atomic E-state index is 12.2. The molecule has 0 bridgehead atoms. The average Bonchev–Trinajstić information content (AvgIpc) is 2.78. The van der Waals surface area contributed by atoms with Gasteiger partial charge in [-0.3, -0.25) is 0 Å². The summed E-state index contributed by atoms with van der Waals surface area (Å²) < 4.78 is 25.7. The Bertz CT molecular complexity index is 499. The molecule has 5 nitrogen and oxygen atoms in total. The zero-order chi connectivity index (χ0) is 12.9. The van der Waals surface area contributed by atoms with Crippen molar-refractivity contribution in [1.29, 1.82) is 0 Å². The van der Waals surface area contributed by atoms with Crippen molar-refractivity contribution in [3.8, 4) is 12.3 Å². The number of nitrogens with two attached hydrogens (primary N) is 1. The zero-order valence-electron chi connectivity index (χ0n) is 9.81. The minimum atomic E-state index is -3.51. The quantitative estimate of drug-likeness (QED) is 0.727. The predicted molar refractivity (Wildman–Crippen MR) is 66.6 cm³/mol. The Kier molecular flexibility index (Phi) is 4.75. The summed E-state index contributed by atoms with van der Waals surface area (Å²) in [6.45, 7) is 2.68. The van der Waals surface area contributed by atoms with Crippen LogP contribution in [0.4, 0.5) is 0 Å². The van der Waals surface area contributed by atoms with E-state index >= 15 is 0 Å². The summed E-state index contributed by atoms with van der Waals surface area (Å²) in [7, 11) is -3.51. The predicted octanol–water partition coefficient (Wildman–Crippen LogP) is 0.507. The van der Waals surface area contributed by atoms with Crippen LogP contribution in [0.5, 0.6) is 0 Å². The molecule has 17 heavy (non-hydrogen) atoms. The van der Waals surface area contributed by atoms with Crippen LogP contribution in [0, 0.1) is 12.3 Å². The van der Waals surface area contributed by atoms with Gasteiger partial charge in [-0.1, -0.05) is 12.8 Å². The van der Waals surface area contributed by atoms with E-state index in [9.17, 15) is 8.42 Å². The number of H-pyrrole nitrogens is 1. The molecule has 0 aromatic carbocycles. The van der Waals surface area contributed by atoms with Gasteiger partial charge in [0.1, 0.15) is 0 Å². The minimum Gasteiger partial charge on any atom is -0.363 e. The van der Waals surface area contributed by atoms with E-state index in [1.807, 2.05) is 6.92 Å². The molecule has 0 saturated carbocycles. The number of aromatic amines is 1. The van der Waals surface area contributed by atoms with Gasteiger partial charge in [0.05, 0.1) is 11.4 Å². The summed E-state index contributed by atoms with van der Waals surface area (Å²) >= 11 is 0. The molecule has 3 N–H and O–H groups in total. The van der Waals surface area contributed by atoms with E-state index < -0.39 is 10.0 Å². The van der Waals surface area contributed by atoms with Gasteiger partial charge >= 0.3 is 0 Å². The van der Waals surface area contributed by atoms with Crippen molar-refractivity contribution in [3.05, 3.63) is 18.0 Å². The summed E-state index contributed by atoms with van der Waals surface area (Å²) in [6, 6.07) is 1.54. The Morgan fingerprint density at radius 3 is 2.76 bits per heavy atom. The Balaban J connectivity index is 3.03. The first-order chi connectivity index (χ1) is 8.06. The highest BCUT2D eigenvalue weighted by Gasteiger charge is 2.23. The van der Waals surface area contributed by atoms with Crippen molar-refractivity contribution in [3.63, 3.8) is 0 Å². The standard InChI is InChI=1S/C11H17N3O2S/c1-3-5-14(6-4-2)17(15,16)11-7-10(8-12)13-9-11/h1,7,9,13H,4-6,8,12H2,2H3. The van der Waals surface area contributed by atoms with Gasteiger partial charge in [0.2, 0.25) is 10.0 Å². The summed E-state index contributed by atoms with van der Waals surface area (Å²) in [5.74, 6) is 2.36. The molecule has 0 unspecified atom stereocenters. The number of hydrogen-bond donors (Lipinski definition) is 2. The molecule has 0 spiro atoms. The minimum absolute atomic E-state index is 0.0827. The van der Waals surface area contributed by atoms with Crippen LogP contribution in [-0.4, -0.2) is 30.8 Å². The number of nitrogens with one attached hydrogen (secondary N) is 1. The summed E-state index contributed by atoms with van der Waals surface area (Å²) in [5.41, 5.74) is 6.11. The maximum atomic E-state index is 12.2. The highest BCUT2D eigenvalue weighted by Crippen LogP contribution is 2.16. The second-order valence-electron chi connectivity index (χ2n) is 3.61. The van der Waals surface area contributed by atoms with E-state index in [1.165, 1.54) is 16.6 Å². The smallest absolute Gasteiger partial charge is 0.245 e. The fraction of sp³-hybridized carbons (Fsp3) is 0.455. The molecule has 0 fully saturated rings. The number of aromatic nitrogens is 1. The number of nitrogens with zero attached hydrogens (tertiary/aromatic N) is 1. The SMILES string of the molecule is C#CCN(CCC)S(=O)(=O)c1c[nH]c(CN)c1. The molecule has 1 aromatic rings. The average molecular weight is 255 g/mol. The first-order valence-corrected chi connectivity index (χ1v) is 6.81. The lowest BCUT2D eigenvalue weighted by Gasteiger charge is -2.17. The monoisotopic (exact) mass is 255 g/mol. The molecule has 0 radical (unpaired) electrons. The van der Waals surface area contributed by atoms with Crippen molar-refractivity contribution in [2.24, 2.45) is 5.73 Å². The molecule has 6 heteroatoms. The fourth-order valence-electron chi connectivity index (χ4n) is 1.47. The topological polar surface area (TPSA) is 79.2 Å². The van der Waals surface area contributed by atoms with Crippen LogP contribution in [0.2, 0.25) is 0 Å². The molecule has 0 aliphatic carbocycles. The highest BCUT2D eigenvalue weighted by molar-refractivity contribution is 7.89. The van der Waals surface area contributed by atoms with Gasteiger partial charge in [0.25, 0.3) is 0 Å². The van der Waals surface area contributed by atoms with E-state index in [0.29, 0.717) is 12.2 Å². The van der Waals surface area contributed by atoms with Crippen LogP contribution >= 0.6 is 0 Å². The molecule has 0 amide bonds. The van der Waals surface area contributed by atoms with Crippen LogP contribution in [0.25, 0.3) is 0 Å². The van der Waals surface area contributed by atoms with Crippen LogP contribution in [0.1, 0.15) is 19.0 Å². The second kappa shape index (κ2) is 5.87. The van der Waals surface area contributed by atoms with Crippen molar-refractivity contribution < 1.29 is 8.42 Å². The Hall–Kier alpha value is -1.29. The van der Waals surface area contributed by atoms with Crippen molar-refractivity contribution in [2.75, 3.05) is 13.1 Å². The molecule has 0 aliphatic rings. The molecular weight excluding hydrogens is 238 g/mol. The number of sulfonamides is 1. The van der Waals surface area contributed by atoms with Gasteiger partial charge in [-0.15, -0.1) is 6.42 Å². The molecule has 0 aliphatic heterocycles. The van der Waals surface area contributed by atoms with Gasteiger partial charge in [-0.25, -0.2) is 8.42 Å².